The van der Waals surface area contributed by atoms with Gasteiger partial charge in [-0.1, -0.05) is 22.9 Å². The molecule has 2 fully saturated rings. The van der Waals surface area contributed by atoms with Crippen molar-refractivity contribution < 1.29 is 9.22 Å². The van der Waals surface area contributed by atoms with Crippen molar-refractivity contribution in [1.29, 1.82) is 0 Å². The molecule has 1 spiro atoms. The third kappa shape index (κ3) is 2.14. The number of likely N-dealkylation sites (N-methyl/N-ethyl adjacent to an activating group) is 1. The maximum atomic E-state index is 6.28. The first-order valence-corrected chi connectivity index (χ1v) is 9.00. The average Bonchev–Trinajstić information content (AvgIpc) is 3.21. The SMILES string of the molecule is C[N@+]12CC[C@@H](C1)[C@]1(CN=C(Nc3nc4ccc(Cl)nc4s3)O1)C2. The van der Waals surface area contributed by atoms with Crippen LogP contribution in [0, 0.1) is 5.92 Å². The van der Waals surface area contributed by atoms with Gasteiger partial charge in [-0.2, -0.15) is 0 Å². The minimum absolute atomic E-state index is 0.104. The lowest BCUT2D eigenvalue weighted by molar-refractivity contribution is -0.892. The van der Waals surface area contributed by atoms with Gasteiger partial charge >= 0.3 is 0 Å². The molecule has 3 aliphatic heterocycles. The molecule has 1 N–H and O–H groups in total. The quantitative estimate of drug-likeness (QED) is 0.633. The predicted molar refractivity (Wildman–Crippen MR) is 91.1 cm³/mol. The Kier molecular flexibility index (Phi) is 2.76. The van der Waals surface area contributed by atoms with E-state index in [1.807, 2.05) is 6.07 Å². The van der Waals surface area contributed by atoms with E-state index in [9.17, 15) is 0 Å². The van der Waals surface area contributed by atoms with Crippen LogP contribution < -0.4 is 5.32 Å². The van der Waals surface area contributed by atoms with Gasteiger partial charge in [0.05, 0.1) is 32.6 Å². The monoisotopic (exact) mass is 350 g/mol. The number of quaternary nitrogens is 1. The van der Waals surface area contributed by atoms with Crippen LogP contribution in [0.5, 0.6) is 0 Å². The van der Waals surface area contributed by atoms with Crippen LogP contribution in [-0.2, 0) is 4.74 Å². The molecule has 0 saturated carbocycles. The van der Waals surface area contributed by atoms with Crippen molar-refractivity contribution in [2.75, 3.05) is 38.5 Å². The van der Waals surface area contributed by atoms with Gasteiger partial charge in [0.15, 0.2) is 10.7 Å². The molecule has 8 heteroatoms. The summed E-state index contributed by atoms with van der Waals surface area (Å²) in [7, 11) is 2.33. The summed E-state index contributed by atoms with van der Waals surface area (Å²) in [6.45, 7) is 4.29. The first kappa shape index (κ1) is 13.9. The number of anilines is 1. The molecule has 3 atom stereocenters. The van der Waals surface area contributed by atoms with E-state index in [1.165, 1.54) is 30.8 Å². The summed E-state index contributed by atoms with van der Waals surface area (Å²) in [5.41, 5.74) is 0.729. The molecule has 5 rings (SSSR count). The normalized spacial score (nSPS) is 35.0. The molecule has 6 nitrogen and oxygen atoms in total. The number of pyridine rings is 1. The lowest BCUT2D eigenvalue weighted by Crippen LogP contribution is -2.51. The molecule has 0 aromatic carbocycles. The van der Waals surface area contributed by atoms with Gasteiger partial charge in [-0.3, -0.25) is 5.32 Å². The van der Waals surface area contributed by atoms with Gasteiger partial charge in [-0.15, -0.1) is 0 Å². The minimum Gasteiger partial charge on any atom is -0.450 e. The Bertz CT molecular complexity index is 838. The van der Waals surface area contributed by atoms with Gasteiger partial charge in [0.25, 0.3) is 6.02 Å². The first-order valence-electron chi connectivity index (χ1n) is 7.81. The molecule has 0 aliphatic carbocycles. The topological polar surface area (TPSA) is 59.4 Å². The summed E-state index contributed by atoms with van der Waals surface area (Å²) in [5.74, 6) is 0.617. The van der Waals surface area contributed by atoms with Crippen LogP contribution >= 0.6 is 22.9 Å². The Morgan fingerprint density at radius 2 is 2.35 bits per heavy atom. The molecule has 120 valence electrons. The molecule has 2 aromatic rings. The molecular formula is C15H17ClN5OS+. The number of hydrogen-bond donors (Lipinski definition) is 1. The maximum Gasteiger partial charge on any atom is 0.292 e. The zero-order valence-electron chi connectivity index (χ0n) is 12.8. The van der Waals surface area contributed by atoms with Crippen molar-refractivity contribution in [3.63, 3.8) is 0 Å². The van der Waals surface area contributed by atoms with E-state index in [2.05, 4.69) is 27.3 Å². The van der Waals surface area contributed by atoms with E-state index in [0.717, 1.165) is 33.1 Å². The maximum absolute atomic E-state index is 6.28. The second-order valence-electron chi connectivity index (χ2n) is 7.06. The van der Waals surface area contributed by atoms with Crippen molar-refractivity contribution in [3.8, 4) is 0 Å². The van der Waals surface area contributed by atoms with Crippen molar-refractivity contribution >= 4 is 44.4 Å². The summed E-state index contributed by atoms with van der Waals surface area (Å²) in [6, 6.07) is 4.22. The number of hydrogen-bond acceptors (Lipinski definition) is 6. The molecule has 2 bridgehead atoms. The summed E-state index contributed by atoms with van der Waals surface area (Å²) >= 11 is 7.39. The number of nitrogens with zero attached hydrogens (tertiary/aromatic N) is 4. The number of fused-ring (bicyclic) bond motifs is 4. The van der Waals surface area contributed by atoms with Crippen LogP contribution in [0.25, 0.3) is 10.3 Å². The van der Waals surface area contributed by atoms with E-state index in [-0.39, 0.29) is 5.60 Å². The van der Waals surface area contributed by atoms with E-state index < -0.39 is 0 Å². The van der Waals surface area contributed by atoms with Crippen LogP contribution in [0.4, 0.5) is 5.13 Å². The van der Waals surface area contributed by atoms with Crippen LogP contribution in [0.1, 0.15) is 6.42 Å². The van der Waals surface area contributed by atoms with E-state index in [0.29, 0.717) is 17.1 Å². The van der Waals surface area contributed by atoms with Gasteiger partial charge < -0.3 is 9.22 Å². The van der Waals surface area contributed by atoms with Crippen LogP contribution in [0.3, 0.4) is 0 Å². The fourth-order valence-electron chi connectivity index (χ4n) is 4.29. The number of halogens is 1. The van der Waals surface area contributed by atoms with Gasteiger partial charge in [-0.25, -0.2) is 15.0 Å². The molecule has 0 radical (unpaired) electrons. The molecule has 2 saturated heterocycles. The number of thiazole rings is 1. The number of rotatable bonds is 1. The second-order valence-corrected chi connectivity index (χ2v) is 8.42. The third-order valence-corrected chi connectivity index (χ3v) is 6.39. The Morgan fingerprint density at radius 3 is 3.13 bits per heavy atom. The van der Waals surface area contributed by atoms with Gasteiger partial charge in [0, 0.05) is 6.42 Å². The summed E-state index contributed by atoms with van der Waals surface area (Å²) in [5, 5.41) is 4.44. The number of ether oxygens (including phenoxy) is 1. The van der Waals surface area contributed by atoms with Crippen LogP contribution in [0.2, 0.25) is 5.15 Å². The number of aromatic nitrogens is 2. The molecule has 0 amide bonds. The van der Waals surface area contributed by atoms with Crippen LogP contribution in [0.15, 0.2) is 17.1 Å². The highest BCUT2D eigenvalue weighted by molar-refractivity contribution is 7.22. The lowest BCUT2D eigenvalue weighted by atomic mass is 9.87. The van der Waals surface area contributed by atoms with E-state index in [4.69, 9.17) is 16.3 Å². The highest BCUT2D eigenvalue weighted by Crippen LogP contribution is 2.45. The Balaban J connectivity index is 1.35. The summed E-state index contributed by atoms with van der Waals surface area (Å²) in [4.78, 5) is 14.2. The molecule has 3 aliphatic rings. The molecule has 2 aromatic heterocycles. The second kappa shape index (κ2) is 4.55. The number of nitrogens with one attached hydrogen (secondary N) is 1. The zero-order valence-corrected chi connectivity index (χ0v) is 14.3. The lowest BCUT2D eigenvalue weighted by Gasteiger charge is -2.34. The third-order valence-electron chi connectivity index (χ3n) is 5.30. The van der Waals surface area contributed by atoms with Crippen molar-refractivity contribution in [2.45, 2.75) is 12.0 Å². The molecular weight excluding hydrogens is 334 g/mol. The van der Waals surface area contributed by atoms with E-state index >= 15 is 0 Å². The average molecular weight is 351 g/mol. The fourth-order valence-corrected chi connectivity index (χ4v) is 5.32. The Morgan fingerprint density at radius 1 is 1.43 bits per heavy atom. The predicted octanol–water partition coefficient (Wildman–Crippen LogP) is 2.36. The smallest absolute Gasteiger partial charge is 0.292 e. The molecule has 23 heavy (non-hydrogen) atoms. The Labute approximate surface area is 142 Å². The standard InChI is InChI=1S/C15H17ClN5OS/c1-21-5-4-9(6-21)15(8-21)7-17-13(22-15)20-14-18-10-2-3-11(16)19-12(10)23-14/h2-3,9H,4-8H2,1H3,(H,17,18,20)/q+1/t9-,15-,21-/m0/s1. The van der Waals surface area contributed by atoms with E-state index in [1.54, 1.807) is 6.07 Å². The minimum atomic E-state index is -0.104. The van der Waals surface area contributed by atoms with Crippen molar-refractivity contribution in [1.82, 2.24) is 9.97 Å². The van der Waals surface area contributed by atoms with Gasteiger partial charge in [0.2, 0.25) is 0 Å². The number of piperidine rings is 1. The molecule has 5 heterocycles. The van der Waals surface area contributed by atoms with Gasteiger partial charge in [0.1, 0.15) is 22.0 Å². The summed E-state index contributed by atoms with van der Waals surface area (Å²) in [6.07, 6.45) is 1.24. The first-order chi connectivity index (χ1) is 11.0. The fraction of sp³-hybridized carbons (Fsp3) is 0.533. The summed E-state index contributed by atoms with van der Waals surface area (Å²) < 4.78 is 7.40. The zero-order chi connectivity index (χ0) is 15.7. The Hall–Kier alpha value is -1.44. The van der Waals surface area contributed by atoms with Crippen LogP contribution in [-0.4, -0.2) is 59.3 Å². The van der Waals surface area contributed by atoms with Crippen molar-refractivity contribution in [2.24, 2.45) is 10.9 Å². The highest BCUT2D eigenvalue weighted by atomic mass is 35.5. The number of aliphatic imine (C=N–C) groups is 1. The largest absolute Gasteiger partial charge is 0.450 e. The molecule has 0 unspecified atom stereocenters. The van der Waals surface area contributed by atoms with Crippen molar-refractivity contribution in [3.05, 3.63) is 17.3 Å². The highest BCUT2D eigenvalue weighted by Gasteiger charge is 2.62. The van der Waals surface area contributed by atoms with Gasteiger partial charge in [-0.05, 0) is 12.1 Å². The number of amidine groups is 1.